The Morgan fingerprint density at radius 3 is 2.50 bits per heavy atom. The van der Waals surface area contributed by atoms with Gasteiger partial charge in [0.2, 0.25) is 0 Å². The first-order valence-corrected chi connectivity index (χ1v) is 5.46. The fourth-order valence-electron chi connectivity index (χ4n) is 1.27. The van der Waals surface area contributed by atoms with E-state index in [4.69, 9.17) is 10.5 Å². The Labute approximate surface area is 96.6 Å². The minimum Gasteiger partial charge on any atom is -0.464 e. The zero-order chi connectivity index (χ0) is 12.0. The molecule has 0 aromatic heterocycles. The molecule has 0 amide bonds. The Morgan fingerprint density at radius 2 is 1.94 bits per heavy atom. The highest BCUT2D eigenvalue weighted by molar-refractivity contribution is 5.79. The predicted molar refractivity (Wildman–Crippen MR) is 62.9 cm³/mol. The molecule has 3 nitrogen and oxygen atoms in total. The molecule has 1 rings (SSSR count). The summed E-state index contributed by atoms with van der Waals surface area (Å²) in [6, 6.07) is 10.1. The molecule has 0 aliphatic heterocycles. The molecule has 0 saturated carbocycles. The lowest BCUT2D eigenvalue weighted by Crippen LogP contribution is -2.35. The van der Waals surface area contributed by atoms with Gasteiger partial charge in [-0.2, -0.15) is 0 Å². The minimum absolute atomic E-state index is 0.385. The lowest BCUT2D eigenvalue weighted by Gasteiger charge is -2.15. The van der Waals surface area contributed by atoms with Crippen LogP contribution in [-0.4, -0.2) is 18.1 Å². The van der Waals surface area contributed by atoms with Crippen LogP contribution in [0.3, 0.4) is 0 Å². The first-order valence-electron chi connectivity index (χ1n) is 5.46. The van der Waals surface area contributed by atoms with Crippen LogP contribution in [-0.2, 0) is 16.0 Å². The van der Waals surface area contributed by atoms with Crippen molar-refractivity contribution in [3.63, 3.8) is 0 Å². The zero-order valence-electron chi connectivity index (χ0n) is 9.82. The van der Waals surface area contributed by atoms with Crippen LogP contribution in [0.4, 0.5) is 0 Å². The van der Waals surface area contributed by atoms with E-state index in [0.29, 0.717) is 6.61 Å². The fraction of sp³-hybridized carbons (Fsp3) is 0.462. The quantitative estimate of drug-likeness (QED) is 0.564. The molecule has 1 radical (unpaired) electrons. The van der Waals surface area contributed by atoms with Crippen LogP contribution in [0.2, 0.25) is 0 Å². The maximum absolute atomic E-state index is 11.3. The van der Waals surface area contributed by atoms with Crippen LogP contribution in [0.1, 0.15) is 25.8 Å². The summed E-state index contributed by atoms with van der Waals surface area (Å²) >= 11 is 0. The van der Waals surface area contributed by atoms with Crippen LogP contribution in [0.15, 0.2) is 30.3 Å². The van der Waals surface area contributed by atoms with Crippen molar-refractivity contribution in [3.05, 3.63) is 35.9 Å². The molecule has 0 aliphatic carbocycles. The molecule has 87 valence electrons. The molecule has 0 spiro atoms. The first kappa shape index (κ1) is 12.7. The highest BCUT2D eigenvalue weighted by Gasteiger charge is 2.24. The Balaban J connectivity index is 2.20. The van der Waals surface area contributed by atoms with Crippen LogP contribution in [0.25, 0.3) is 0 Å². The molecule has 0 atom stereocenters. The molecular formula is C13H18NO2. The van der Waals surface area contributed by atoms with Gasteiger partial charge in [-0.25, -0.2) is 5.73 Å². The Morgan fingerprint density at radius 1 is 1.31 bits per heavy atom. The molecule has 0 unspecified atom stereocenters. The van der Waals surface area contributed by atoms with Gasteiger partial charge in [0.15, 0.2) is 0 Å². The van der Waals surface area contributed by atoms with Crippen molar-refractivity contribution in [1.29, 1.82) is 0 Å². The standard InChI is InChI=1S/C13H18NO2/c1-13(2,14)12(15)16-10-6-9-11-7-4-3-5-8-11/h3-5,7-8,14H,6,9-10H2,1-2H3. The van der Waals surface area contributed by atoms with Crippen molar-refractivity contribution in [2.24, 2.45) is 0 Å². The van der Waals surface area contributed by atoms with E-state index in [0.717, 1.165) is 12.8 Å². The van der Waals surface area contributed by atoms with Crippen LogP contribution >= 0.6 is 0 Å². The fourth-order valence-corrected chi connectivity index (χ4v) is 1.27. The Kier molecular flexibility index (Phi) is 4.50. The SMILES string of the molecule is CC(C)([NH])C(=O)OCCCc1ccccc1. The third kappa shape index (κ3) is 4.45. The van der Waals surface area contributed by atoms with E-state index in [-0.39, 0.29) is 0 Å². The summed E-state index contributed by atoms with van der Waals surface area (Å²) in [5.41, 5.74) is 7.56. The highest BCUT2D eigenvalue weighted by Crippen LogP contribution is 2.05. The predicted octanol–water partition coefficient (Wildman–Crippen LogP) is 2.22. The first-order chi connectivity index (χ1) is 7.50. The molecule has 16 heavy (non-hydrogen) atoms. The van der Waals surface area contributed by atoms with Crippen molar-refractivity contribution in [1.82, 2.24) is 5.73 Å². The average molecular weight is 220 g/mol. The maximum atomic E-state index is 11.3. The van der Waals surface area contributed by atoms with Gasteiger partial charge in [-0.1, -0.05) is 30.3 Å². The Bertz CT molecular complexity index is 328. The van der Waals surface area contributed by atoms with Gasteiger partial charge in [-0.3, -0.25) is 4.79 Å². The lowest BCUT2D eigenvalue weighted by atomic mass is 10.1. The van der Waals surface area contributed by atoms with Gasteiger partial charge >= 0.3 is 5.97 Å². The summed E-state index contributed by atoms with van der Waals surface area (Å²) < 4.78 is 5.00. The average Bonchev–Trinajstić information content (AvgIpc) is 2.24. The number of rotatable bonds is 5. The van der Waals surface area contributed by atoms with E-state index in [1.807, 2.05) is 18.2 Å². The van der Waals surface area contributed by atoms with Gasteiger partial charge < -0.3 is 4.74 Å². The van der Waals surface area contributed by atoms with Gasteiger partial charge in [0.1, 0.15) is 5.54 Å². The smallest absolute Gasteiger partial charge is 0.327 e. The maximum Gasteiger partial charge on any atom is 0.327 e. The van der Waals surface area contributed by atoms with E-state index in [9.17, 15) is 4.79 Å². The zero-order valence-corrected chi connectivity index (χ0v) is 9.82. The number of benzene rings is 1. The lowest BCUT2D eigenvalue weighted by molar-refractivity contribution is -0.149. The summed E-state index contributed by atoms with van der Waals surface area (Å²) in [4.78, 5) is 11.3. The second kappa shape index (κ2) is 5.66. The van der Waals surface area contributed by atoms with Crippen molar-refractivity contribution >= 4 is 5.97 Å². The number of ether oxygens (including phenoxy) is 1. The van der Waals surface area contributed by atoms with Crippen molar-refractivity contribution in [2.75, 3.05) is 6.61 Å². The van der Waals surface area contributed by atoms with Gasteiger partial charge in [0.05, 0.1) is 6.61 Å². The molecule has 1 N–H and O–H groups in total. The second-order valence-electron chi connectivity index (χ2n) is 4.35. The van der Waals surface area contributed by atoms with Gasteiger partial charge in [-0.05, 0) is 32.3 Å². The third-order valence-electron chi connectivity index (χ3n) is 2.20. The summed E-state index contributed by atoms with van der Waals surface area (Å²) in [5.74, 6) is -0.458. The van der Waals surface area contributed by atoms with Gasteiger partial charge in [0, 0.05) is 0 Å². The number of carbonyl (C=O) groups is 1. The molecule has 1 aromatic carbocycles. The largest absolute Gasteiger partial charge is 0.464 e. The van der Waals surface area contributed by atoms with Crippen molar-refractivity contribution in [2.45, 2.75) is 32.2 Å². The van der Waals surface area contributed by atoms with Crippen molar-refractivity contribution in [3.8, 4) is 0 Å². The number of carbonyl (C=O) groups excluding carboxylic acids is 1. The summed E-state index contributed by atoms with van der Waals surface area (Å²) in [5, 5.41) is 0. The van der Waals surface area contributed by atoms with E-state index < -0.39 is 11.5 Å². The molecule has 3 heteroatoms. The molecule has 1 aromatic rings. The van der Waals surface area contributed by atoms with E-state index in [1.54, 1.807) is 0 Å². The van der Waals surface area contributed by atoms with Gasteiger partial charge in [-0.15, -0.1) is 0 Å². The number of esters is 1. The number of nitrogens with one attached hydrogen (secondary N) is 1. The number of hydrogen-bond acceptors (Lipinski definition) is 2. The summed E-state index contributed by atoms with van der Waals surface area (Å²) in [7, 11) is 0. The van der Waals surface area contributed by atoms with Gasteiger partial charge in [0.25, 0.3) is 0 Å². The molecule has 0 fully saturated rings. The Hall–Kier alpha value is -1.35. The van der Waals surface area contributed by atoms with E-state index in [1.165, 1.54) is 19.4 Å². The summed E-state index contributed by atoms with van der Waals surface area (Å²) in [6.45, 7) is 3.45. The van der Waals surface area contributed by atoms with E-state index in [2.05, 4.69) is 12.1 Å². The molecule has 0 bridgehead atoms. The minimum atomic E-state index is -1.15. The second-order valence-corrected chi connectivity index (χ2v) is 4.35. The topological polar surface area (TPSA) is 50.1 Å². The number of aryl methyl sites for hydroxylation is 1. The van der Waals surface area contributed by atoms with Crippen LogP contribution in [0, 0.1) is 0 Å². The molecule has 0 heterocycles. The van der Waals surface area contributed by atoms with Crippen LogP contribution < -0.4 is 5.73 Å². The van der Waals surface area contributed by atoms with Crippen LogP contribution in [0.5, 0.6) is 0 Å². The normalized spacial score (nSPS) is 11.2. The molecular weight excluding hydrogens is 202 g/mol. The van der Waals surface area contributed by atoms with E-state index >= 15 is 0 Å². The third-order valence-corrected chi connectivity index (χ3v) is 2.20. The highest BCUT2D eigenvalue weighted by atomic mass is 16.5. The molecule has 0 saturated heterocycles. The van der Waals surface area contributed by atoms with Crippen molar-refractivity contribution < 1.29 is 9.53 Å². The monoisotopic (exact) mass is 220 g/mol. The molecule has 0 aliphatic rings. The summed E-state index contributed by atoms with van der Waals surface area (Å²) in [6.07, 6.45) is 1.69. The number of hydrogen-bond donors (Lipinski definition) is 0.